The van der Waals surface area contributed by atoms with Gasteiger partial charge in [0.05, 0.1) is 11.4 Å². The molecule has 0 aliphatic heterocycles. The van der Waals surface area contributed by atoms with Crippen molar-refractivity contribution in [2.45, 2.75) is 33.2 Å². The first kappa shape index (κ1) is 14.2. The van der Waals surface area contributed by atoms with Gasteiger partial charge in [0.1, 0.15) is 12.4 Å². The predicted octanol–water partition coefficient (Wildman–Crippen LogP) is 2.79. The fourth-order valence-electron chi connectivity index (χ4n) is 2.00. The first-order valence-corrected chi connectivity index (χ1v) is 6.74. The number of carbonyl (C=O) groups excluding carboxylic acids is 1. The highest BCUT2D eigenvalue weighted by Gasteiger charge is 2.11. The Bertz CT molecular complexity index is 607. The van der Waals surface area contributed by atoms with Crippen LogP contribution in [0.3, 0.4) is 0 Å². The van der Waals surface area contributed by atoms with Crippen molar-refractivity contribution in [3.8, 4) is 0 Å². The van der Waals surface area contributed by atoms with E-state index in [9.17, 15) is 9.18 Å². The molecule has 0 aliphatic rings. The van der Waals surface area contributed by atoms with E-state index in [4.69, 9.17) is 0 Å². The maximum Gasteiger partial charge on any atom is 0.246 e. The highest BCUT2D eigenvalue weighted by molar-refractivity contribution is 5.90. The lowest BCUT2D eigenvalue weighted by Crippen LogP contribution is -2.21. The van der Waals surface area contributed by atoms with E-state index < -0.39 is 5.82 Å². The van der Waals surface area contributed by atoms with Gasteiger partial charge in [-0.3, -0.25) is 9.48 Å². The number of anilines is 1. The summed E-state index contributed by atoms with van der Waals surface area (Å²) in [6.45, 7) is 4.13. The second kappa shape index (κ2) is 6.32. The van der Waals surface area contributed by atoms with E-state index in [2.05, 4.69) is 10.4 Å². The average Bonchev–Trinajstić information content (AvgIpc) is 2.83. The molecule has 106 valence electrons. The van der Waals surface area contributed by atoms with Crippen LogP contribution in [0, 0.1) is 5.82 Å². The van der Waals surface area contributed by atoms with Crippen LogP contribution in [0.2, 0.25) is 0 Å². The molecule has 0 saturated heterocycles. The van der Waals surface area contributed by atoms with Gasteiger partial charge in [0.15, 0.2) is 0 Å². The third kappa shape index (κ3) is 3.23. The molecule has 0 aliphatic carbocycles. The average molecular weight is 275 g/mol. The van der Waals surface area contributed by atoms with E-state index in [1.54, 1.807) is 16.8 Å². The van der Waals surface area contributed by atoms with Crippen LogP contribution < -0.4 is 5.32 Å². The number of nitrogens with one attached hydrogen (secondary N) is 1. The zero-order valence-electron chi connectivity index (χ0n) is 11.7. The zero-order valence-corrected chi connectivity index (χ0v) is 11.7. The second-order valence-electron chi connectivity index (χ2n) is 4.52. The van der Waals surface area contributed by atoms with Crippen LogP contribution >= 0.6 is 0 Å². The summed E-state index contributed by atoms with van der Waals surface area (Å²) in [5, 5.41) is 6.93. The summed E-state index contributed by atoms with van der Waals surface area (Å²) in [4.78, 5) is 12.0. The van der Waals surface area contributed by atoms with Crippen molar-refractivity contribution in [3.63, 3.8) is 0 Å². The number of rotatable bonds is 5. The molecule has 2 aromatic rings. The molecule has 2 rings (SSSR count). The van der Waals surface area contributed by atoms with Crippen LogP contribution in [-0.4, -0.2) is 15.7 Å². The Morgan fingerprint density at radius 2 is 2.05 bits per heavy atom. The van der Waals surface area contributed by atoms with Gasteiger partial charge in [-0.25, -0.2) is 4.39 Å². The summed E-state index contributed by atoms with van der Waals surface area (Å²) in [5.74, 6) is -0.721. The van der Waals surface area contributed by atoms with E-state index in [-0.39, 0.29) is 18.1 Å². The fourth-order valence-corrected chi connectivity index (χ4v) is 2.00. The standard InChI is InChI=1S/C15H18FN3O/c1-3-11-9-12(4-2)19(18-11)10-15(20)17-14-8-6-5-7-13(14)16/h5-9H,3-4,10H2,1-2H3,(H,17,20). The molecule has 0 spiro atoms. The summed E-state index contributed by atoms with van der Waals surface area (Å²) in [6, 6.07) is 8.11. The quantitative estimate of drug-likeness (QED) is 0.912. The molecule has 1 amide bonds. The zero-order chi connectivity index (χ0) is 14.5. The van der Waals surface area contributed by atoms with Crippen LogP contribution in [0.5, 0.6) is 0 Å². The van der Waals surface area contributed by atoms with E-state index in [0.717, 1.165) is 24.2 Å². The van der Waals surface area contributed by atoms with Gasteiger partial charge in [-0.1, -0.05) is 26.0 Å². The Balaban J connectivity index is 2.08. The maximum atomic E-state index is 13.5. The van der Waals surface area contributed by atoms with Crippen LogP contribution in [0.4, 0.5) is 10.1 Å². The van der Waals surface area contributed by atoms with Crippen molar-refractivity contribution in [2.75, 3.05) is 5.32 Å². The smallest absolute Gasteiger partial charge is 0.246 e. The number of carbonyl (C=O) groups is 1. The molecular formula is C15H18FN3O. The van der Waals surface area contributed by atoms with Crippen LogP contribution in [0.25, 0.3) is 0 Å². The largest absolute Gasteiger partial charge is 0.322 e. The highest BCUT2D eigenvalue weighted by atomic mass is 19.1. The lowest BCUT2D eigenvalue weighted by atomic mass is 10.2. The summed E-state index contributed by atoms with van der Waals surface area (Å²) < 4.78 is 15.1. The Labute approximate surface area is 117 Å². The van der Waals surface area contributed by atoms with E-state index in [1.165, 1.54) is 12.1 Å². The van der Waals surface area contributed by atoms with Crippen molar-refractivity contribution >= 4 is 11.6 Å². The summed E-state index contributed by atoms with van der Waals surface area (Å²) >= 11 is 0. The molecule has 1 N–H and O–H groups in total. The third-order valence-electron chi connectivity index (χ3n) is 3.08. The Kier molecular flexibility index (Phi) is 4.50. The SMILES string of the molecule is CCc1cc(CC)n(CC(=O)Nc2ccccc2F)n1. The van der Waals surface area contributed by atoms with E-state index >= 15 is 0 Å². The van der Waals surface area contributed by atoms with Gasteiger partial charge >= 0.3 is 0 Å². The third-order valence-corrected chi connectivity index (χ3v) is 3.08. The maximum absolute atomic E-state index is 13.5. The molecule has 0 radical (unpaired) electrons. The van der Waals surface area contributed by atoms with Crippen LogP contribution in [0.15, 0.2) is 30.3 Å². The molecule has 0 bridgehead atoms. The Hall–Kier alpha value is -2.17. The monoisotopic (exact) mass is 275 g/mol. The Morgan fingerprint density at radius 1 is 1.30 bits per heavy atom. The number of aromatic nitrogens is 2. The highest BCUT2D eigenvalue weighted by Crippen LogP contribution is 2.13. The number of aryl methyl sites for hydroxylation is 2. The lowest BCUT2D eigenvalue weighted by Gasteiger charge is -2.08. The summed E-state index contributed by atoms with van der Waals surface area (Å²) in [5.41, 5.74) is 2.16. The number of nitrogens with zero attached hydrogens (tertiary/aromatic N) is 2. The number of amides is 1. The van der Waals surface area contributed by atoms with Gasteiger partial charge in [-0.15, -0.1) is 0 Å². The number of hydrogen-bond acceptors (Lipinski definition) is 2. The van der Waals surface area contributed by atoms with Gasteiger partial charge in [0.2, 0.25) is 5.91 Å². The van der Waals surface area contributed by atoms with Crippen molar-refractivity contribution in [2.24, 2.45) is 0 Å². The molecule has 4 nitrogen and oxygen atoms in total. The van der Waals surface area contributed by atoms with Crippen molar-refractivity contribution in [3.05, 3.63) is 47.5 Å². The Morgan fingerprint density at radius 3 is 2.70 bits per heavy atom. The molecule has 0 unspecified atom stereocenters. The molecule has 0 fully saturated rings. The minimum absolute atomic E-state index is 0.0947. The van der Waals surface area contributed by atoms with Crippen LogP contribution in [-0.2, 0) is 24.2 Å². The minimum Gasteiger partial charge on any atom is -0.322 e. The molecule has 1 heterocycles. The first-order valence-electron chi connectivity index (χ1n) is 6.74. The fraction of sp³-hybridized carbons (Fsp3) is 0.333. The molecule has 0 atom stereocenters. The van der Waals surface area contributed by atoms with Gasteiger partial charge in [0, 0.05) is 5.69 Å². The van der Waals surface area contributed by atoms with Gasteiger partial charge < -0.3 is 5.32 Å². The molecule has 20 heavy (non-hydrogen) atoms. The van der Waals surface area contributed by atoms with Crippen LogP contribution in [0.1, 0.15) is 25.2 Å². The summed E-state index contributed by atoms with van der Waals surface area (Å²) in [7, 11) is 0. The topological polar surface area (TPSA) is 46.9 Å². The van der Waals surface area contributed by atoms with Gasteiger partial charge in [0.25, 0.3) is 0 Å². The predicted molar refractivity (Wildman–Crippen MR) is 76.0 cm³/mol. The molecule has 0 saturated carbocycles. The van der Waals surface area contributed by atoms with Crippen molar-refractivity contribution in [1.82, 2.24) is 9.78 Å². The van der Waals surface area contributed by atoms with Crippen molar-refractivity contribution in [1.29, 1.82) is 0 Å². The van der Waals surface area contributed by atoms with Gasteiger partial charge in [-0.05, 0) is 31.0 Å². The van der Waals surface area contributed by atoms with Crippen molar-refractivity contribution < 1.29 is 9.18 Å². The first-order chi connectivity index (χ1) is 9.63. The molecule has 1 aromatic heterocycles. The summed E-state index contributed by atoms with van der Waals surface area (Å²) in [6.07, 6.45) is 1.63. The number of hydrogen-bond donors (Lipinski definition) is 1. The van der Waals surface area contributed by atoms with E-state index in [1.807, 2.05) is 19.9 Å². The number of halogens is 1. The number of para-hydroxylation sites is 1. The molecule has 1 aromatic carbocycles. The number of benzene rings is 1. The molecular weight excluding hydrogens is 257 g/mol. The van der Waals surface area contributed by atoms with E-state index in [0.29, 0.717) is 0 Å². The lowest BCUT2D eigenvalue weighted by molar-refractivity contribution is -0.117. The van der Waals surface area contributed by atoms with Gasteiger partial charge in [-0.2, -0.15) is 5.10 Å². The second-order valence-corrected chi connectivity index (χ2v) is 4.52. The minimum atomic E-state index is -0.439. The molecule has 5 heteroatoms. The normalized spacial score (nSPS) is 10.6.